The molecule has 3 rings (SSSR count). The summed E-state index contributed by atoms with van der Waals surface area (Å²) < 4.78 is 30.6. The molecule has 2 heterocycles. The van der Waals surface area contributed by atoms with Crippen molar-refractivity contribution in [2.24, 2.45) is 0 Å². The van der Waals surface area contributed by atoms with Crippen LogP contribution in [0.1, 0.15) is 22.3 Å². The molecule has 0 spiro atoms. The van der Waals surface area contributed by atoms with E-state index >= 15 is 0 Å². The Labute approximate surface area is 178 Å². The number of hydrogen-bond acceptors (Lipinski definition) is 5. The van der Waals surface area contributed by atoms with Crippen LogP contribution in [0.3, 0.4) is 0 Å². The predicted molar refractivity (Wildman–Crippen MR) is 110 cm³/mol. The van der Waals surface area contributed by atoms with Crippen LogP contribution >= 0.6 is 11.8 Å². The largest absolute Gasteiger partial charge is 0.497 e. The molecule has 0 radical (unpaired) electrons. The number of pyridine rings is 1. The van der Waals surface area contributed by atoms with Crippen LogP contribution < -0.4 is 4.74 Å². The van der Waals surface area contributed by atoms with E-state index in [-0.39, 0.29) is 34.2 Å². The van der Waals surface area contributed by atoms with Gasteiger partial charge in [0.25, 0.3) is 11.7 Å². The van der Waals surface area contributed by atoms with Crippen molar-refractivity contribution in [2.45, 2.75) is 23.6 Å². The molecule has 0 saturated carbocycles. The van der Waals surface area contributed by atoms with Gasteiger partial charge < -0.3 is 14.5 Å². The second kappa shape index (κ2) is 10.4. The number of halogens is 2. The number of aryl methyl sites for hydroxylation is 1. The number of aromatic nitrogens is 1. The third-order valence-corrected chi connectivity index (χ3v) is 5.64. The highest BCUT2D eigenvalue weighted by molar-refractivity contribution is 7.99. The van der Waals surface area contributed by atoms with Crippen LogP contribution in [0.25, 0.3) is 0 Å². The molecule has 0 bridgehead atoms. The molecular formula is C21H23F2N3O3S. The van der Waals surface area contributed by atoms with Gasteiger partial charge in [0.05, 0.1) is 12.7 Å². The molecule has 1 saturated heterocycles. The summed E-state index contributed by atoms with van der Waals surface area (Å²) in [7, 11) is 1.61. The molecule has 0 aliphatic carbocycles. The van der Waals surface area contributed by atoms with E-state index in [4.69, 9.17) is 4.74 Å². The molecule has 6 nitrogen and oxygen atoms in total. The Bertz CT molecular complexity index is 872. The third kappa shape index (κ3) is 5.69. The zero-order valence-corrected chi connectivity index (χ0v) is 17.4. The topological polar surface area (TPSA) is 62.7 Å². The Morgan fingerprint density at radius 3 is 2.40 bits per heavy atom. The number of piperazine rings is 1. The fourth-order valence-corrected chi connectivity index (χ4v) is 3.84. The summed E-state index contributed by atoms with van der Waals surface area (Å²) >= 11 is 0.265. The van der Waals surface area contributed by atoms with Crippen LogP contribution in [-0.2, 0) is 11.2 Å². The smallest absolute Gasteiger partial charge is 0.290 e. The first-order chi connectivity index (χ1) is 14.5. The Kier molecular flexibility index (Phi) is 7.62. The van der Waals surface area contributed by atoms with Crippen molar-refractivity contribution in [3.8, 4) is 5.75 Å². The molecule has 1 aliphatic rings. The molecule has 1 aromatic heterocycles. The van der Waals surface area contributed by atoms with E-state index < -0.39 is 5.76 Å². The molecule has 9 heteroatoms. The highest BCUT2D eigenvalue weighted by atomic mass is 32.2. The normalized spacial score (nSPS) is 14.1. The predicted octanol–water partition coefficient (Wildman–Crippen LogP) is 3.32. The quantitative estimate of drug-likeness (QED) is 0.625. The van der Waals surface area contributed by atoms with Gasteiger partial charge in [0.15, 0.2) is 0 Å². The molecule has 1 fully saturated rings. The SMILES string of the molecule is COc1ccc(CCC(=O)N2CCN(C(=O)c3cccnc3SC(F)F)CC2)cc1. The van der Waals surface area contributed by atoms with Crippen molar-refractivity contribution in [1.82, 2.24) is 14.8 Å². The van der Waals surface area contributed by atoms with Crippen LogP contribution in [0, 0.1) is 0 Å². The monoisotopic (exact) mass is 435 g/mol. The molecule has 160 valence electrons. The summed E-state index contributed by atoms with van der Waals surface area (Å²) in [6.07, 6.45) is 2.41. The van der Waals surface area contributed by atoms with Gasteiger partial charge >= 0.3 is 0 Å². The lowest BCUT2D eigenvalue weighted by Gasteiger charge is -2.35. The Hall–Kier alpha value is -2.68. The number of hydrogen-bond donors (Lipinski definition) is 0. The molecule has 2 amide bonds. The van der Waals surface area contributed by atoms with Gasteiger partial charge in [-0.1, -0.05) is 12.1 Å². The Balaban J connectivity index is 1.51. The Morgan fingerprint density at radius 2 is 1.77 bits per heavy atom. The second-order valence-corrected chi connectivity index (χ2v) is 7.73. The first kappa shape index (κ1) is 22.0. The summed E-state index contributed by atoms with van der Waals surface area (Å²) in [6.45, 7) is 1.57. The zero-order chi connectivity index (χ0) is 21.5. The number of amides is 2. The third-order valence-electron chi connectivity index (χ3n) is 4.91. The summed E-state index contributed by atoms with van der Waals surface area (Å²) in [4.78, 5) is 32.5. The molecule has 0 unspecified atom stereocenters. The van der Waals surface area contributed by atoms with Gasteiger partial charge in [0, 0.05) is 38.8 Å². The average molecular weight is 435 g/mol. The number of carbonyl (C=O) groups is 2. The fourth-order valence-electron chi connectivity index (χ4n) is 3.26. The van der Waals surface area contributed by atoms with Gasteiger partial charge in [-0.25, -0.2) is 4.98 Å². The van der Waals surface area contributed by atoms with E-state index in [9.17, 15) is 18.4 Å². The van der Waals surface area contributed by atoms with E-state index in [1.807, 2.05) is 24.3 Å². The molecule has 1 aliphatic heterocycles. The van der Waals surface area contributed by atoms with Crippen molar-refractivity contribution in [3.63, 3.8) is 0 Å². The number of rotatable bonds is 7. The summed E-state index contributed by atoms with van der Waals surface area (Å²) in [5.41, 5.74) is 1.22. The van der Waals surface area contributed by atoms with Crippen molar-refractivity contribution in [2.75, 3.05) is 33.3 Å². The molecule has 0 N–H and O–H groups in total. The van der Waals surface area contributed by atoms with Crippen molar-refractivity contribution >= 4 is 23.6 Å². The standard InChI is InChI=1S/C21H23F2N3O3S/c1-29-16-7-4-15(5-8-16)6-9-18(27)25-11-13-26(14-12-25)20(28)17-3-2-10-24-19(17)30-21(22)23/h2-5,7-8,10,21H,6,9,11-14H2,1H3. The number of carbonyl (C=O) groups excluding carboxylic acids is 2. The van der Waals surface area contributed by atoms with E-state index in [0.717, 1.165) is 11.3 Å². The first-order valence-corrected chi connectivity index (χ1v) is 10.5. The average Bonchev–Trinajstić information content (AvgIpc) is 2.77. The number of nitrogens with zero attached hydrogens (tertiary/aromatic N) is 3. The molecular weight excluding hydrogens is 412 g/mol. The van der Waals surface area contributed by atoms with E-state index in [1.54, 1.807) is 23.0 Å². The van der Waals surface area contributed by atoms with Crippen LogP contribution in [0.4, 0.5) is 8.78 Å². The van der Waals surface area contributed by atoms with Gasteiger partial charge in [-0.15, -0.1) is 0 Å². The maximum absolute atomic E-state index is 12.8. The number of ether oxygens (including phenoxy) is 1. The minimum Gasteiger partial charge on any atom is -0.497 e. The van der Waals surface area contributed by atoms with E-state index in [1.165, 1.54) is 12.3 Å². The summed E-state index contributed by atoms with van der Waals surface area (Å²) in [5.74, 6) is -2.17. The van der Waals surface area contributed by atoms with Gasteiger partial charge in [-0.05, 0) is 48.0 Å². The maximum atomic E-state index is 12.8. The lowest BCUT2D eigenvalue weighted by molar-refractivity contribution is -0.132. The van der Waals surface area contributed by atoms with Crippen LogP contribution in [0.2, 0.25) is 0 Å². The number of alkyl halides is 2. The summed E-state index contributed by atoms with van der Waals surface area (Å²) in [6, 6.07) is 10.7. The minimum absolute atomic E-state index is 0.0236. The summed E-state index contributed by atoms with van der Waals surface area (Å²) in [5, 5.41) is 0.0236. The highest BCUT2D eigenvalue weighted by Gasteiger charge is 2.27. The van der Waals surface area contributed by atoms with E-state index in [2.05, 4.69) is 4.98 Å². The van der Waals surface area contributed by atoms with Gasteiger partial charge in [-0.2, -0.15) is 8.78 Å². The fraction of sp³-hybridized carbons (Fsp3) is 0.381. The number of thioether (sulfide) groups is 1. The maximum Gasteiger partial charge on any atom is 0.290 e. The van der Waals surface area contributed by atoms with Crippen molar-refractivity contribution in [3.05, 3.63) is 53.7 Å². The van der Waals surface area contributed by atoms with Crippen molar-refractivity contribution in [1.29, 1.82) is 0 Å². The van der Waals surface area contributed by atoms with Crippen LogP contribution in [0.15, 0.2) is 47.6 Å². The minimum atomic E-state index is -2.65. The van der Waals surface area contributed by atoms with Gasteiger partial charge in [0.1, 0.15) is 10.8 Å². The van der Waals surface area contributed by atoms with E-state index in [0.29, 0.717) is 39.0 Å². The molecule has 30 heavy (non-hydrogen) atoms. The lowest BCUT2D eigenvalue weighted by atomic mass is 10.1. The lowest BCUT2D eigenvalue weighted by Crippen LogP contribution is -2.50. The molecule has 2 aromatic rings. The number of methoxy groups -OCH3 is 1. The van der Waals surface area contributed by atoms with Crippen LogP contribution in [-0.4, -0.2) is 65.6 Å². The zero-order valence-electron chi connectivity index (χ0n) is 16.6. The number of benzene rings is 1. The Morgan fingerprint density at radius 1 is 1.10 bits per heavy atom. The van der Waals surface area contributed by atoms with Crippen molar-refractivity contribution < 1.29 is 23.1 Å². The highest BCUT2D eigenvalue weighted by Crippen LogP contribution is 2.27. The van der Waals surface area contributed by atoms with Gasteiger partial charge in [0.2, 0.25) is 5.91 Å². The second-order valence-electron chi connectivity index (χ2n) is 6.76. The van der Waals surface area contributed by atoms with Crippen LogP contribution in [0.5, 0.6) is 5.75 Å². The first-order valence-electron chi connectivity index (χ1n) is 9.57. The molecule has 0 atom stereocenters. The molecule has 1 aromatic carbocycles. The van der Waals surface area contributed by atoms with Gasteiger partial charge in [-0.3, -0.25) is 9.59 Å².